The average molecular weight is 995 g/mol. The molecule has 386 valence electrons. The molecule has 24 nitrogen and oxygen atoms in total. The maximum absolute atomic E-state index is 13.8. The number of aromatic carboxylic acids is 1. The van der Waals surface area contributed by atoms with Crippen LogP contribution in [-0.2, 0) is 40.0 Å². The summed E-state index contributed by atoms with van der Waals surface area (Å²) in [6.07, 6.45) is -6.36. The zero-order valence-electron chi connectivity index (χ0n) is 39.3. The number of unbranched alkanes of at least 4 members (excludes halogenated alkanes) is 2. The fourth-order valence-electron chi connectivity index (χ4n) is 8.30. The number of nitrogens with zero attached hydrogens (tertiary/aromatic N) is 1. The van der Waals surface area contributed by atoms with Crippen molar-refractivity contribution in [1.29, 1.82) is 0 Å². The van der Waals surface area contributed by atoms with Crippen molar-refractivity contribution < 1.29 is 78.8 Å². The number of H-pyrrole nitrogens is 1. The Morgan fingerprint density at radius 1 is 0.873 bits per heavy atom. The smallest absolute Gasteiger partial charge is 0.352 e. The molecule has 2 saturated heterocycles. The molecular weight excluding hydrogens is 933 g/mol. The highest BCUT2D eigenvalue weighted by molar-refractivity contribution is 5.99. The molecule has 0 saturated carbocycles. The highest BCUT2D eigenvalue weighted by Crippen LogP contribution is 2.27. The second-order valence-corrected chi connectivity index (χ2v) is 17.8. The number of carboxylic acid groups (broad SMARTS) is 1. The van der Waals surface area contributed by atoms with E-state index in [9.17, 15) is 74.1 Å². The zero-order valence-corrected chi connectivity index (χ0v) is 39.3. The van der Waals surface area contributed by atoms with Gasteiger partial charge in [0.15, 0.2) is 17.9 Å². The van der Waals surface area contributed by atoms with E-state index in [0.717, 1.165) is 23.3 Å². The van der Waals surface area contributed by atoms with E-state index in [1.807, 2.05) is 41.7 Å². The number of hydrogen-bond acceptors (Lipinski definition) is 15. The third-order valence-corrected chi connectivity index (χ3v) is 12.4. The van der Waals surface area contributed by atoms with E-state index in [4.69, 9.17) is 4.74 Å². The Morgan fingerprint density at radius 2 is 1.58 bits per heavy atom. The summed E-state index contributed by atoms with van der Waals surface area (Å²) in [6.45, 7) is -0.564. The summed E-state index contributed by atoms with van der Waals surface area (Å²) in [5.74, 6) is -9.14. The average Bonchev–Trinajstić information content (AvgIpc) is 3.80. The molecule has 0 radical (unpaired) electrons. The second kappa shape index (κ2) is 24.7. The maximum Gasteiger partial charge on any atom is 0.352 e. The molecular formula is C47H62N8O16. The zero-order chi connectivity index (χ0) is 52.2. The maximum atomic E-state index is 13.8. The van der Waals surface area contributed by atoms with Crippen LogP contribution in [0, 0.1) is 5.92 Å². The van der Waals surface area contributed by atoms with Gasteiger partial charge in [-0.05, 0) is 54.5 Å². The number of aliphatic hydroxyl groups excluding tert-OH is 5. The van der Waals surface area contributed by atoms with Gasteiger partial charge in [0, 0.05) is 30.9 Å². The summed E-state index contributed by atoms with van der Waals surface area (Å²) in [6, 6.07) is 8.16. The van der Waals surface area contributed by atoms with Crippen LogP contribution in [0.4, 0.5) is 0 Å². The van der Waals surface area contributed by atoms with E-state index in [1.54, 1.807) is 38.3 Å². The van der Waals surface area contributed by atoms with Gasteiger partial charge in [-0.15, -0.1) is 0 Å². The number of fused-ring (bicyclic) bond motifs is 2. The fourth-order valence-corrected chi connectivity index (χ4v) is 8.30. The van der Waals surface area contributed by atoms with Crippen LogP contribution in [0.5, 0.6) is 5.75 Å². The molecule has 10 atom stereocenters. The van der Waals surface area contributed by atoms with Crippen molar-refractivity contribution in [3.63, 3.8) is 0 Å². The van der Waals surface area contributed by atoms with E-state index in [-0.39, 0.29) is 11.3 Å². The molecule has 24 heteroatoms. The van der Waals surface area contributed by atoms with Gasteiger partial charge < -0.3 is 82.3 Å². The molecule has 0 bridgehead atoms. The molecule has 71 heavy (non-hydrogen) atoms. The van der Waals surface area contributed by atoms with E-state index < -0.39 is 147 Å². The topological polar surface area (TPSA) is 379 Å². The lowest BCUT2D eigenvalue weighted by molar-refractivity contribution is -0.146. The van der Waals surface area contributed by atoms with Crippen LogP contribution < -0.4 is 36.6 Å². The molecule has 3 heterocycles. The predicted molar refractivity (Wildman–Crippen MR) is 250 cm³/mol. The summed E-state index contributed by atoms with van der Waals surface area (Å²) in [4.78, 5) is 109. The van der Waals surface area contributed by atoms with Crippen molar-refractivity contribution in [1.82, 2.24) is 41.8 Å². The first-order valence-electron chi connectivity index (χ1n) is 22.9. The Kier molecular flexibility index (Phi) is 19.2. The van der Waals surface area contributed by atoms with Crippen LogP contribution in [0.15, 0.2) is 54.6 Å². The number of methoxy groups -OCH3 is 1. The van der Waals surface area contributed by atoms with E-state index >= 15 is 0 Å². The number of aromatic nitrogens is 1. The number of carbonyl (C=O) groups excluding carboxylic acids is 7. The molecule has 3 aromatic rings. The van der Waals surface area contributed by atoms with Gasteiger partial charge in [0.2, 0.25) is 29.5 Å². The normalized spacial score (nSPS) is 26.0. The molecule has 2 aromatic carbocycles. The lowest BCUT2D eigenvalue weighted by Gasteiger charge is -2.35. The number of likely N-dealkylation sites (N-methyl/N-ethyl adjacent to an activating group) is 1. The van der Waals surface area contributed by atoms with Crippen molar-refractivity contribution in [3.8, 4) is 5.75 Å². The summed E-state index contributed by atoms with van der Waals surface area (Å²) in [7, 11) is 2.68. The number of para-hydroxylation sites is 1. The number of nitrogens with one attached hydrogen (secondary N) is 7. The first-order chi connectivity index (χ1) is 33.6. The number of ether oxygens (including phenoxy) is 1. The molecule has 0 unspecified atom stereocenters. The number of aromatic amines is 1. The van der Waals surface area contributed by atoms with Crippen LogP contribution in [0.2, 0.25) is 0 Å². The SMILES string of the molecule is COc1ccc(/C=C/CCCC[C@H](C)[C@H](O)[C@@H](O)[C@H]2NC(=O)C[C@@H](O)CNC(=O)CNC(=O)[C@@H](Cc3c(C(=O)O)[nH]c4ccccc34)NC(=O)CN(C)C(=O)C[C@@]3(O)NC(=O)[C@H](O)[C@@H]3NC(=O)[C@H]2O)cc1. The standard InChI is InChI=1S/C47H62N8O16/c1-24(10-6-4-5-7-11-25-14-16-27(71-3)17-15-25)38(61)39(62)37-40(63)44(66)53-42-41(64)45(67)54-47(42,70)20-35(60)55(2)23-34(59)50-31(19-29-28-12-8-9-13-30(28)51-36(29)46(68)69)43(65)49-22-33(58)48-21-26(56)18-32(57)52-37/h7-9,11-17,24,26,31,37-42,51,56,61-64,70H,4-6,10,18-23H2,1-3H3,(H,48,58)(H,49,65)(H,50,59)(H,52,57)(H,53,66)(H,54,67)(H,68,69)/b11-7+/t24-,26+,31+,37+,38-,39-,40-,41+,42-,47-/m0/s1. The van der Waals surface area contributed by atoms with Gasteiger partial charge in [-0.2, -0.15) is 0 Å². The molecule has 5 rings (SSSR count). The van der Waals surface area contributed by atoms with Gasteiger partial charge >= 0.3 is 5.97 Å². The third kappa shape index (κ3) is 14.6. The Hall–Kier alpha value is -6.96. The molecule has 0 spiro atoms. The van der Waals surface area contributed by atoms with Gasteiger partial charge in [-0.25, -0.2) is 4.79 Å². The number of aliphatic hydroxyl groups is 6. The minimum Gasteiger partial charge on any atom is -0.497 e. The second-order valence-electron chi connectivity index (χ2n) is 17.8. The van der Waals surface area contributed by atoms with Gasteiger partial charge in [-0.3, -0.25) is 33.6 Å². The highest BCUT2D eigenvalue weighted by Gasteiger charge is 2.55. The monoisotopic (exact) mass is 994 g/mol. The van der Waals surface area contributed by atoms with E-state index in [2.05, 4.69) is 31.6 Å². The number of carboxylic acids is 1. The number of carbonyl (C=O) groups is 8. The van der Waals surface area contributed by atoms with Crippen LogP contribution in [-0.4, -0.2) is 181 Å². The first-order valence-corrected chi connectivity index (χ1v) is 22.9. The quantitative estimate of drug-likeness (QED) is 0.0754. The predicted octanol–water partition coefficient (Wildman–Crippen LogP) is -3.11. The van der Waals surface area contributed by atoms with Crippen molar-refractivity contribution in [2.45, 2.75) is 106 Å². The lowest BCUT2D eigenvalue weighted by Crippen LogP contribution is -2.64. The third-order valence-electron chi connectivity index (χ3n) is 12.4. The van der Waals surface area contributed by atoms with Gasteiger partial charge in [-0.1, -0.05) is 55.8 Å². The van der Waals surface area contributed by atoms with Crippen molar-refractivity contribution in [2.75, 3.05) is 33.8 Å². The number of allylic oxidation sites excluding steroid dienone is 1. The Morgan fingerprint density at radius 3 is 2.27 bits per heavy atom. The van der Waals surface area contributed by atoms with Crippen molar-refractivity contribution in [2.24, 2.45) is 5.92 Å². The van der Waals surface area contributed by atoms with E-state index in [0.29, 0.717) is 36.6 Å². The Balaban J connectivity index is 1.34. The molecule has 1 aromatic heterocycles. The summed E-state index contributed by atoms with van der Waals surface area (Å²) >= 11 is 0. The van der Waals surface area contributed by atoms with Crippen LogP contribution >= 0.6 is 0 Å². The number of β-amino-alcohol motifs (C(OH)–C–C–N with tert-alkyl or cyclic N) is 1. The molecule has 0 aliphatic carbocycles. The molecule has 2 fully saturated rings. The van der Waals surface area contributed by atoms with Crippen LogP contribution in [0.3, 0.4) is 0 Å². The van der Waals surface area contributed by atoms with Gasteiger partial charge in [0.25, 0.3) is 11.8 Å². The van der Waals surface area contributed by atoms with Crippen molar-refractivity contribution >= 4 is 64.3 Å². The molecule has 14 N–H and O–H groups in total. The summed E-state index contributed by atoms with van der Waals surface area (Å²) in [5.41, 5.74) is -1.61. The molecule has 2 aliphatic rings. The highest BCUT2D eigenvalue weighted by atomic mass is 16.5. The van der Waals surface area contributed by atoms with E-state index in [1.165, 1.54) is 0 Å². The number of amides is 7. The summed E-state index contributed by atoms with van der Waals surface area (Å²) < 4.78 is 5.17. The lowest BCUT2D eigenvalue weighted by atomic mass is 9.88. The largest absolute Gasteiger partial charge is 0.497 e. The number of benzene rings is 2. The number of hydrogen-bond donors (Lipinski definition) is 14. The Labute approximate surface area is 407 Å². The molecule has 7 amide bonds. The minimum atomic E-state index is -2.78. The Bertz CT molecular complexity index is 2450. The number of rotatable bonds is 13. The van der Waals surface area contributed by atoms with Crippen molar-refractivity contribution in [3.05, 3.63) is 71.4 Å². The summed E-state index contributed by atoms with van der Waals surface area (Å²) in [5, 5.41) is 91.1. The first kappa shape index (κ1) is 55.0. The fraction of sp³-hybridized carbons (Fsp3) is 0.489. The van der Waals surface area contributed by atoms with Gasteiger partial charge in [0.05, 0.1) is 51.3 Å². The molecule has 2 aliphatic heterocycles. The van der Waals surface area contributed by atoms with Crippen LogP contribution in [0.1, 0.15) is 67.1 Å². The van der Waals surface area contributed by atoms with Crippen LogP contribution in [0.25, 0.3) is 17.0 Å². The van der Waals surface area contributed by atoms with Gasteiger partial charge in [0.1, 0.15) is 29.6 Å². The minimum absolute atomic E-state index is 0.108.